The molecular weight excluding hydrogens is 266 g/mol. The summed E-state index contributed by atoms with van der Waals surface area (Å²) in [5.41, 5.74) is 1.31. The Morgan fingerprint density at radius 1 is 1.10 bits per heavy atom. The molecule has 0 aliphatic rings. The molecule has 0 fully saturated rings. The van der Waals surface area contributed by atoms with E-state index in [1.165, 1.54) is 21.7 Å². The molecular formula is C16H23N3S. The smallest absolute Gasteiger partial charge is 0.0328 e. The van der Waals surface area contributed by atoms with Gasteiger partial charge in [-0.1, -0.05) is 6.92 Å². The lowest BCUT2D eigenvalue weighted by Crippen LogP contribution is -2.16. The fourth-order valence-electron chi connectivity index (χ4n) is 2.11. The lowest BCUT2D eigenvalue weighted by Gasteiger charge is -2.15. The van der Waals surface area contributed by atoms with Gasteiger partial charge in [-0.15, -0.1) is 11.3 Å². The van der Waals surface area contributed by atoms with Gasteiger partial charge in [0.1, 0.15) is 0 Å². The van der Waals surface area contributed by atoms with Crippen LogP contribution in [0.3, 0.4) is 0 Å². The summed E-state index contributed by atoms with van der Waals surface area (Å²) < 4.78 is 0. The van der Waals surface area contributed by atoms with Crippen LogP contribution in [0, 0.1) is 0 Å². The van der Waals surface area contributed by atoms with Crippen LogP contribution in [-0.4, -0.2) is 23.5 Å². The SMILES string of the molecule is CCCNCc1ccc(CN(C)Cc2ccncc2)s1. The van der Waals surface area contributed by atoms with Gasteiger partial charge in [0.2, 0.25) is 0 Å². The van der Waals surface area contributed by atoms with E-state index in [0.717, 1.165) is 26.2 Å². The highest BCUT2D eigenvalue weighted by molar-refractivity contribution is 7.11. The summed E-state index contributed by atoms with van der Waals surface area (Å²) in [6.07, 6.45) is 4.89. The van der Waals surface area contributed by atoms with Crippen molar-refractivity contribution < 1.29 is 0 Å². The van der Waals surface area contributed by atoms with Crippen LogP contribution < -0.4 is 5.32 Å². The Bertz CT molecular complexity index is 495. The molecule has 3 nitrogen and oxygen atoms in total. The standard InChI is InChI=1S/C16H23N3S/c1-3-8-18-11-15-4-5-16(20-15)13-19(2)12-14-6-9-17-10-7-14/h4-7,9-10,18H,3,8,11-13H2,1-2H3. The number of nitrogens with zero attached hydrogens (tertiary/aromatic N) is 2. The molecule has 2 aromatic heterocycles. The predicted molar refractivity (Wildman–Crippen MR) is 85.7 cm³/mol. The second-order valence-electron chi connectivity index (χ2n) is 5.07. The summed E-state index contributed by atoms with van der Waals surface area (Å²) in [6, 6.07) is 8.63. The molecule has 1 N–H and O–H groups in total. The van der Waals surface area contributed by atoms with Crippen molar-refractivity contribution in [2.75, 3.05) is 13.6 Å². The van der Waals surface area contributed by atoms with E-state index >= 15 is 0 Å². The van der Waals surface area contributed by atoms with Gasteiger partial charge < -0.3 is 5.32 Å². The summed E-state index contributed by atoms with van der Waals surface area (Å²) in [5.74, 6) is 0. The lowest BCUT2D eigenvalue weighted by atomic mass is 10.2. The van der Waals surface area contributed by atoms with Crippen LogP contribution in [0.4, 0.5) is 0 Å². The molecule has 0 radical (unpaired) electrons. The molecule has 0 atom stereocenters. The Hall–Kier alpha value is -1.23. The minimum Gasteiger partial charge on any atom is -0.312 e. The third kappa shape index (κ3) is 5.04. The highest BCUT2D eigenvalue weighted by Gasteiger charge is 2.05. The molecule has 0 aliphatic heterocycles. The maximum atomic E-state index is 4.05. The summed E-state index contributed by atoms with van der Waals surface area (Å²) >= 11 is 1.91. The van der Waals surface area contributed by atoms with Crippen molar-refractivity contribution in [3.8, 4) is 0 Å². The van der Waals surface area contributed by atoms with E-state index in [1.807, 2.05) is 23.7 Å². The van der Waals surface area contributed by atoms with E-state index in [1.54, 1.807) is 0 Å². The topological polar surface area (TPSA) is 28.2 Å². The molecule has 0 saturated carbocycles. The Morgan fingerprint density at radius 2 is 1.85 bits per heavy atom. The van der Waals surface area contributed by atoms with Gasteiger partial charge in [-0.25, -0.2) is 0 Å². The fourth-order valence-corrected chi connectivity index (χ4v) is 3.18. The summed E-state index contributed by atoms with van der Waals surface area (Å²) in [5, 5.41) is 3.45. The molecule has 0 bridgehead atoms. The Kier molecular flexibility index (Phi) is 6.18. The molecule has 0 unspecified atom stereocenters. The second kappa shape index (κ2) is 8.15. The average Bonchev–Trinajstić information content (AvgIpc) is 2.87. The zero-order chi connectivity index (χ0) is 14.2. The van der Waals surface area contributed by atoms with E-state index in [0.29, 0.717) is 0 Å². The number of thiophene rings is 1. The second-order valence-corrected chi connectivity index (χ2v) is 6.33. The van der Waals surface area contributed by atoms with Crippen molar-refractivity contribution in [1.29, 1.82) is 0 Å². The van der Waals surface area contributed by atoms with Crippen LogP contribution >= 0.6 is 11.3 Å². The van der Waals surface area contributed by atoms with E-state index < -0.39 is 0 Å². The largest absolute Gasteiger partial charge is 0.312 e. The van der Waals surface area contributed by atoms with Crippen LogP contribution in [0.2, 0.25) is 0 Å². The normalized spacial score (nSPS) is 11.2. The molecule has 0 amide bonds. The predicted octanol–water partition coefficient (Wildman–Crippen LogP) is 3.27. The molecule has 2 aromatic rings. The quantitative estimate of drug-likeness (QED) is 0.756. The van der Waals surface area contributed by atoms with Gasteiger partial charge in [0.15, 0.2) is 0 Å². The lowest BCUT2D eigenvalue weighted by molar-refractivity contribution is 0.322. The van der Waals surface area contributed by atoms with Gasteiger partial charge in [-0.2, -0.15) is 0 Å². The van der Waals surface area contributed by atoms with E-state index in [4.69, 9.17) is 0 Å². The van der Waals surface area contributed by atoms with Crippen LogP contribution in [-0.2, 0) is 19.6 Å². The maximum Gasteiger partial charge on any atom is 0.0328 e. The Labute approximate surface area is 125 Å². The third-order valence-corrected chi connectivity index (χ3v) is 4.14. The average molecular weight is 289 g/mol. The van der Waals surface area contributed by atoms with Crippen LogP contribution in [0.25, 0.3) is 0 Å². The molecule has 2 rings (SSSR count). The number of nitrogens with one attached hydrogen (secondary N) is 1. The van der Waals surface area contributed by atoms with Crippen LogP contribution in [0.5, 0.6) is 0 Å². The van der Waals surface area contributed by atoms with Crippen molar-refractivity contribution in [2.45, 2.75) is 33.0 Å². The molecule has 20 heavy (non-hydrogen) atoms. The first kappa shape index (κ1) is 15.2. The summed E-state index contributed by atoms with van der Waals surface area (Å²) in [6.45, 7) is 6.24. The minimum absolute atomic E-state index is 0.962. The molecule has 0 saturated heterocycles. The van der Waals surface area contributed by atoms with Crippen LogP contribution in [0.1, 0.15) is 28.7 Å². The fraction of sp³-hybridized carbons (Fsp3) is 0.438. The van der Waals surface area contributed by atoms with Gasteiger partial charge in [-0.05, 0) is 49.8 Å². The molecule has 0 aromatic carbocycles. The summed E-state index contributed by atoms with van der Waals surface area (Å²) in [4.78, 5) is 9.24. The molecule has 2 heterocycles. The number of hydrogen-bond donors (Lipinski definition) is 1. The molecule has 0 spiro atoms. The zero-order valence-electron chi connectivity index (χ0n) is 12.3. The minimum atomic E-state index is 0.962. The number of rotatable bonds is 8. The monoisotopic (exact) mass is 289 g/mol. The first-order chi connectivity index (χ1) is 9.78. The Balaban J connectivity index is 1.80. The third-order valence-electron chi connectivity index (χ3n) is 3.07. The van der Waals surface area contributed by atoms with Crippen molar-refractivity contribution >= 4 is 11.3 Å². The van der Waals surface area contributed by atoms with E-state index in [9.17, 15) is 0 Å². The molecule has 4 heteroatoms. The van der Waals surface area contributed by atoms with Crippen molar-refractivity contribution in [1.82, 2.24) is 15.2 Å². The zero-order valence-corrected chi connectivity index (χ0v) is 13.1. The first-order valence-corrected chi connectivity index (χ1v) is 7.95. The first-order valence-electron chi connectivity index (χ1n) is 7.13. The van der Waals surface area contributed by atoms with Crippen LogP contribution in [0.15, 0.2) is 36.7 Å². The van der Waals surface area contributed by atoms with Crippen molar-refractivity contribution in [3.05, 3.63) is 52.0 Å². The van der Waals surface area contributed by atoms with Gasteiger partial charge in [0.25, 0.3) is 0 Å². The number of aromatic nitrogens is 1. The van der Waals surface area contributed by atoms with E-state index in [-0.39, 0.29) is 0 Å². The number of pyridine rings is 1. The highest BCUT2D eigenvalue weighted by atomic mass is 32.1. The van der Waals surface area contributed by atoms with Gasteiger partial charge >= 0.3 is 0 Å². The van der Waals surface area contributed by atoms with Gasteiger partial charge in [-0.3, -0.25) is 9.88 Å². The number of hydrogen-bond acceptors (Lipinski definition) is 4. The van der Waals surface area contributed by atoms with Gasteiger partial charge in [0.05, 0.1) is 0 Å². The maximum absolute atomic E-state index is 4.05. The molecule has 0 aliphatic carbocycles. The van der Waals surface area contributed by atoms with Gasteiger partial charge in [0, 0.05) is 41.8 Å². The van der Waals surface area contributed by atoms with E-state index in [2.05, 4.69) is 53.4 Å². The van der Waals surface area contributed by atoms with Crippen molar-refractivity contribution in [2.24, 2.45) is 0 Å². The Morgan fingerprint density at radius 3 is 2.60 bits per heavy atom. The molecule has 108 valence electrons. The highest BCUT2D eigenvalue weighted by Crippen LogP contribution is 2.18. The summed E-state index contributed by atoms with van der Waals surface area (Å²) in [7, 11) is 2.16. The van der Waals surface area contributed by atoms with Crippen molar-refractivity contribution in [3.63, 3.8) is 0 Å².